The number of rotatable bonds is 3. The summed E-state index contributed by atoms with van der Waals surface area (Å²) in [6, 6.07) is 0. The summed E-state index contributed by atoms with van der Waals surface area (Å²) in [5, 5.41) is 15.4. The van der Waals surface area contributed by atoms with E-state index in [-0.39, 0.29) is 17.7 Å². The number of amides is 1. The molecule has 1 heterocycles. The Morgan fingerprint density at radius 2 is 1.89 bits per heavy atom. The maximum atomic E-state index is 12.2. The zero-order valence-electron chi connectivity index (χ0n) is 10.9. The first-order valence-corrected chi connectivity index (χ1v) is 6.81. The van der Waals surface area contributed by atoms with Crippen LogP contribution in [-0.4, -0.2) is 35.6 Å². The van der Waals surface area contributed by atoms with Crippen molar-refractivity contribution in [3.8, 4) is 0 Å². The molecule has 5 heteroatoms. The molecule has 0 bridgehead atoms. The minimum atomic E-state index is -1.02. The van der Waals surface area contributed by atoms with Crippen LogP contribution in [-0.2, 0) is 9.59 Å². The second-order valence-electron chi connectivity index (χ2n) is 5.68. The molecule has 5 nitrogen and oxygen atoms in total. The summed E-state index contributed by atoms with van der Waals surface area (Å²) < 4.78 is 0. The van der Waals surface area contributed by atoms with E-state index in [0.29, 0.717) is 19.4 Å². The number of carboxylic acids is 1. The van der Waals surface area contributed by atoms with Gasteiger partial charge >= 0.3 is 5.97 Å². The maximum Gasteiger partial charge on any atom is 0.329 e. The molecule has 102 valence electrons. The molecular weight excluding hydrogens is 232 g/mol. The third kappa shape index (κ3) is 2.51. The third-order valence-corrected chi connectivity index (χ3v) is 4.33. The number of hydrogen-bond acceptors (Lipinski definition) is 3. The van der Waals surface area contributed by atoms with Gasteiger partial charge in [-0.1, -0.05) is 26.2 Å². The Morgan fingerprint density at radius 3 is 2.39 bits per heavy atom. The quantitative estimate of drug-likeness (QED) is 0.694. The minimum absolute atomic E-state index is 0.0943. The second-order valence-corrected chi connectivity index (χ2v) is 5.68. The van der Waals surface area contributed by atoms with Crippen molar-refractivity contribution in [3.63, 3.8) is 0 Å². The fraction of sp³-hybridized carbons (Fsp3) is 0.846. The number of nitrogens with one attached hydrogen (secondary N) is 2. The van der Waals surface area contributed by atoms with Gasteiger partial charge in [-0.15, -0.1) is 0 Å². The van der Waals surface area contributed by atoms with E-state index in [9.17, 15) is 14.7 Å². The lowest BCUT2D eigenvalue weighted by molar-refractivity contribution is -0.150. The van der Waals surface area contributed by atoms with Crippen LogP contribution in [0.5, 0.6) is 0 Å². The van der Waals surface area contributed by atoms with Crippen molar-refractivity contribution in [1.82, 2.24) is 10.6 Å². The molecule has 0 aromatic carbocycles. The van der Waals surface area contributed by atoms with Gasteiger partial charge in [0, 0.05) is 6.54 Å². The third-order valence-electron chi connectivity index (χ3n) is 4.33. The molecule has 2 rings (SSSR count). The molecule has 0 aromatic heterocycles. The number of carbonyl (C=O) groups is 2. The van der Waals surface area contributed by atoms with Gasteiger partial charge in [0.1, 0.15) is 5.54 Å². The average molecular weight is 254 g/mol. The zero-order valence-corrected chi connectivity index (χ0v) is 10.9. The highest BCUT2D eigenvalue weighted by atomic mass is 16.4. The molecule has 1 aliphatic carbocycles. The van der Waals surface area contributed by atoms with E-state index in [0.717, 1.165) is 25.8 Å². The van der Waals surface area contributed by atoms with Crippen LogP contribution >= 0.6 is 0 Å². The smallest absolute Gasteiger partial charge is 0.329 e. The van der Waals surface area contributed by atoms with Crippen LogP contribution < -0.4 is 10.6 Å². The highest BCUT2D eigenvalue weighted by Crippen LogP contribution is 2.29. The molecular formula is C13H22N2O3. The molecule has 2 fully saturated rings. The Kier molecular flexibility index (Phi) is 3.90. The fourth-order valence-electron chi connectivity index (χ4n) is 3.04. The molecule has 2 atom stereocenters. The van der Waals surface area contributed by atoms with Crippen LogP contribution in [0, 0.1) is 11.8 Å². The molecule has 3 N–H and O–H groups in total. The van der Waals surface area contributed by atoms with E-state index < -0.39 is 11.5 Å². The summed E-state index contributed by atoms with van der Waals surface area (Å²) in [4.78, 5) is 23.7. The topological polar surface area (TPSA) is 78.4 Å². The van der Waals surface area contributed by atoms with Crippen molar-refractivity contribution >= 4 is 11.9 Å². The van der Waals surface area contributed by atoms with Gasteiger partial charge in [0.15, 0.2) is 0 Å². The van der Waals surface area contributed by atoms with Crippen LogP contribution in [0.3, 0.4) is 0 Å². The van der Waals surface area contributed by atoms with Crippen molar-refractivity contribution in [2.45, 2.75) is 44.6 Å². The van der Waals surface area contributed by atoms with Crippen molar-refractivity contribution in [2.75, 3.05) is 13.1 Å². The Hall–Kier alpha value is -1.10. The zero-order chi connectivity index (χ0) is 13.2. The summed E-state index contributed by atoms with van der Waals surface area (Å²) >= 11 is 0. The standard InChI is InChI=1S/C13H22N2O3/c1-9-7-14-8-10(9)11(16)15-13(12(17)18)5-3-2-4-6-13/h9-10,14H,2-8H2,1H3,(H,15,16)(H,17,18). The molecule has 18 heavy (non-hydrogen) atoms. The number of hydrogen-bond donors (Lipinski definition) is 3. The Balaban J connectivity index is 2.04. The van der Waals surface area contributed by atoms with Gasteiger partial charge in [0.05, 0.1) is 5.92 Å². The first kappa shape index (κ1) is 13.3. The van der Waals surface area contributed by atoms with Crippen molar-refractivity contribution in [1.29, 1.82) is 0 Å². The van der Waals surface area contributed by atoms with E-state index in [1.54, 1.807) is 0 Å². The largest absolute Gasteiger partial charge is 0.480 e. The van der Waals surface area contributed by atoms with Crippen molar-refractivity contribution in [3.05, 3.63) is 0 Å². The maximum absolute atomic E-state index is 12.2. The Bertz CT molecular complexity index is 337. The molecule has 2 aliphatic rings. The normalized spacial score (nSPS) is 30.9. The molecule has 0 spiro atoms. The molecule has 0 radical (unpaired) electrons. The van der Waals surface area contributed by atoms with E-state index in [2.05, 4.69) is 10.6 Å². The number of aliphatic carboxylic acids is 1. The van der Waals surface area contributed by atoms with Gasteiger partial charge < -0.3 is 15.7 Å². The lowest BCUT2D eigenvalue weighted by atomic mass is 9.81. The van der Waals surface area contributed by atoms with Crippen LogP contribution in [0.4, 0.5) is 0 Å². The lowest BCUT2D eigenvalue weighted by Crippen LogP contribution is -2.57. The van der Waals surface area contributed by atoms with Crippen LogP contribution in [0.1, 0.15) is 39.0 Å². The van der Waals surface area contributed by atoms with Crippen molar-refractivity contribution < 1.29 is 14.7 Å². The van der Waals surface area contributed by atoms with Gasteiger partial charge in [-0.05, 0) is 25.3 Å². The van der Waals surface area contributed by atoms with Gasteiger partial charge in [-0.3, -0.25) is 4.79 Å². The Labute approximate surface area is 107 Å². The van der Waals surface area contributed by atoms with Crippen molar-refractivity contribution in [2.24, 2.45) is 11.8 Å². The Morgan fingerprint density at radius 1 is 1.22 bits per heavy atom. The van der Waals surface area contributed by atoms with Gasteiger partial charge in [-0.2, -0.15) is 0 Å². The summed E-state index contributed by atoms with van der Waals surface area (Å²) in [7, 11) is 0. The monoisotopic (exact) mass is 254 g/mol. The molecule has 2 unspecified atom stereocenters. The molecule has 1 saturated carbocycles. The average Bonchev–Trinajstić information content (AvgIpc) is 2.76. The summed E-state index contributed by atoms with van der Waals surface area (Å²) in [6.45, 7) is 3.51. The minimum Gasteiger partial charge on any atom is -0.480 e. The summed E-state index contributed by atoms with van der Waals surface area (Å²) in [5.41, 5.74) is -1.02. The number of carboxylic acid groups (broad SMARTS) is 1. The summed E-state index contributed by atoms with van der Waals surface area (Å²) in [6.07, 6.45) is 3.94. The SMILES string of the molecule is CC1CNCC1C(=O)NC1(C(=O)O)CCCCC1. The predicted molar refractivity (Wildman–Crippen MR) is 67.1 cm³/mol. The van der Waals surface area contributed by atoms with E-state index in [4.69, 9.17) is 0 Å². The lowest BCUT2D eigenvalue weighted by Gasteiger charge is -2.35. The number of carbonyl (C=O) groups excluding carboxylic acids is 1. The van der Waals surface area contributed by atoms with E-state index >= 15 is 0 Å². The van der Waals surface area contributed by atoms with Gasteiger partial charge in [-0.25, -0.2) is 4.79 Å². The first-order chi connectivity index (χ1) is 8.55. The predicted octanol–water partition coefficient (Wildman–Crippen LogP) is 0.746. The summed E-state index contributed by atoms with van der Waals surface area (Å²) in [5.74, 6) is -0.798. The van der Waals surface area contributed by atoms with Gasteiger partial charge in [0.2, 0.25) is 5.91 Å². The molecule has 1 amide bonds. The highest BCUT2D eigenvalue weighted by molar-refractivity contribution is 5.88. The highest BCUT2D eigenvalue weighted by Gasteiger charge is 2.43. The first-order valence-electron chi connectivity index (χ1n) is 6.81. The fourth-order valence-corrected chi connectivity index (χ4v) is 3.04. The molecule has 1 saturated heterocycles. The molecule has 1 aliphatic heterocycles. The molecule has 0 aromatic rings. The second kappa shape index (κ2) is 5.26. The van der Waals surface area contributed by atoms with E-state index in [1.165, 1.54) is 0 Å². The van der Waals surface area contributed by atoms with Gasteiger partial charge in [0.25, 0.3) is 0 Å². The van der Waals surface area contributed by atoms with E-state index in [1.807, 2.05) is 6.92 Å². The van der Waals surface area contributed by atoms with Crippen LogP contribution in [0.25, 0.3) is 0 Å². The van der Waals surface area contributed by atoms with Crippen LogP contribution in [0.15, 0.2) is 0 Å². The van der Waals surface area contributed by atoms with Crippen LogP contribution in [0.2, 0.25) is 0 Å².